The van der Waals surface area contributed by atoms with Crippen LogP contribution in [-0.4, -0.2) is 17.5 Å². The Kier molecular flexibility index (Phi) is 12.9. The minimum atomic E-state index is 0.389. The first-order valence-corrected chi connectivity index (χ1v) is 9.49. The van der Waals surface area contributed by atoms with Gasteiger partial charge >= 0.3 is 0 Å². The monoisotopic (exact) mass is 319 g/mol. The van der Waals surface area contributed by atoms with E-state index in [1.807, 2.05) is 11.8 Å². The number of rotatable bonds is 12. The highest BCUT2D eigenvalue weighted by molar-refractivity contribution is 8.00. The van der Waals surface area contributed by atoms with Crippen molar-refractivity contribution in [3.8, 4) is 12.5 Å². The van der Waals surface area contributed by atoms with Crippen LogP contribution in [0.1, 0.15) is 53.4 Å². The second-order valence-electron chi connectivity index (χ2n) is 5.60. The van der Waals surface area contributed by atoms with Gasteiger partial charge in [-0.25, -0.2) is 0 Å². The predicted molar refractivity (Wildman–Crippen MR) is 104 cm³/mol. The minimum absolute atomic E-state index is 0.389. The summed E-state index contributed by atoms with van der Waals surface area (Å²) in [7, 11) is 0. The van der Waals surface area contributed by atoms with Crippen LogP contribution in [0, 0.1) is 18.4 Å². The Morgan fingerprint density at radius 1 is 1.36 bits per heavy atom. The van der Waals surface area contributed by atoms with E-state index >= 15 is 0 Å². The van der Waals surface area contributed by atoms with Crippen molar-refractivity contribution in [2.24, 2.45) is 5.92 Å². The summed E-state index contributed by atoms with van der Waals surface area (Å²) in [5.41, 5.74) is 2.48. The molecule has 0 aliphatic heterocycles. The van der Waals surface area contributed by atoms with Gasteiger partial charge in [-0.05, 0) is 42.6 Å². The van der Waals surface area contributed by atoms with Gasteiger partial charge in [0.2, 0.25) is 0 Å². The highest BCUT2D eigenvalue weighted by atomic mass is 32.2. The molecule has 1 N–H and O–H groups in total. The van der Waals surface area contributed by atoms with Gasteiger partial charge in [0.15, 0.2) is 0 Å². The number of thioether (sulfide) groups is 1. The van der Waals surface area contributed by atoms with Crippen LogP contribution < -0.4 is 5.32 Å². The Balaban J connectivity index is 4.95. The summed E-state index contributed by atoms with van der Waals surface area (Å²) in [6.07, 6.45) is 16.9. The third-order valence-electron chi connectivity index (χ3n) is 3.77. The zero-order chi connectivity index (χ0) is 16.8. The molecule has 2 unspecified atom stereocenters. The van der Waals surface area contributed by atoms with E-state index in [2.05, 4.69) is 63.9 Å². The first-order valence-electron chi connectivity index (χ1n) is 8.44. The lowest BCUT2D eigenvalue weighted by molar-refractivity contribution is 0.666. The molecular formula is C20H33NS. The summed E-state index contributed by atoms with van der Waals surface area (Å²) >= 11 is 1.98. The lowest BCUT2D eigenvalue weighted by Gasteiger charge is -2.18. The van der Waals surface area contributed by atoms with Gasteiger partial charge in [0.25, 0.3) is 0 Å². The minimum Gasteiger partial charge on any atom is -0.345 e. The van der Waals surface area contributed by atoms with Crippen molar-refractivity contribution >= 4 is 11.8 Å². The second kappa shape index (κ2) is 13.6. The van der Waals surface area contributed by atoms with Gasteiger partial charge in [-0.2, -0.15) is 11.8 Å². The summed E-state index contributed by atoms with van der Waals surface area (Å²) in [6.45, 7) is 13.8. The molecule has 0 saturated heterocycles. The third-order valence-corrected chi connectivity index (χ3v) is 5.03. The van der Waals surface area contributed by atoms with E-state index in [4.69, 9.17) is 6.42 Å². The van der Waals surface area contributed by atoms with Crippen molar-refractivity contribution in [3.63, 3.8) is 0 Å². The molecule has 22 heavy (non-hydrogen) atoms. The molecular weight excluding hydrogens is 286 g/mol. The average molecular weight is 320 g/mol. The number of allylic oxidation sites excluding steroid dienone is 4. The molecule has 1 nitrogen and oxygen atoms in total. The fourth-order valence-electron chi connectivity index (χ4n) is 2.09. The van der Waals surface area contributed by atoms with E-state index < -0.39 is 0 Å². The summed E-state index contributed by atoms with van der Waals surface area (Å²) in [5, 5.41) is 3.42. The lowest BCUT2D eigenvalue weighted by atomic mass is 9.92. The maximum atomic E-state index is 5.35. The molecule has 0 fully saturated rings. The molecule has 0 amide bonds. The maximum Gasteiger partial charge on any atom is 0.0416 e. The molecule has 0 heterocycles. The van der Waals surface area contributed by atoms with Crippen LogP contribution >= 0.6 is 11.8 Å². The molecule has 2 heteroatoms. The van der Waals surface area contributed by atoms with Crippen molar-refractivity contribution in [3.05, 3.63) is 36.0 Å². The van der Waals surface area contributed by atoms with Crippen molar-refractivity contribution in [2.75, 3.05) is 12.3 Å². The molecule has 0 rings (SSSR count). The van der Waals surface area contributed by atoms with E-state index in [0.29, 0.717) is 11.2 Å². The van der Waals surface area contributed by atoms with Gasteiger partial charge in [-0.1, -0.05) is 64.8 Å². The predicted octanol–water partition coefficient (Wildman–Crippen LogP) is 5.56. The largest absolute Gasteiger partial charge is 0.345 e. The van der Waals surface area contributed by atoms with E-state index in [1.165, 1.54) is 36.2 Å². The van der Waals surface area contributed by atoms with Crippen LogP contribution in [0.4, 0.5) is 0 Å². The van der Waals surface area contributed by atoms with E-state index in [-0.39, 0.29) is 0 Å². The molecule has 2 atom stereocenters. The molecule has 0 aliphatic rings. The van der Waals surface area contributed by atoms with Gasteiger partial charge in [-0.3, -0.25) is 0 Å². The van der Waals surface area contributed by atoms with Crippen molar-refractivity contribution in [1.29, 1.82) is 0 Å². The molecule has 0 aromatic carbocycles. The third kappa shape index (κ3) is 9.05. The lowest BCUT2D eigenvalue weighted by Crippen LogP contribution is -2.20. The smallest absolute Gasteiger partial charge is 0.0416 e. The Labute approximate surface area is 142 Å². The second-order valence-corrected chi connectivity index (χ2v) is 6.95. The van der Waals surface area contributed by atoms with Crippen LogP contribution in [-0.2, 0) is 0 Å². The number of terminal acetylenes is 1. The first-order chi connectivity index (χ1) is 10.6. The Morgan fingerprint density at radius 2 is 2.09 bits per heavy atom. The number of unbranched alkanes of at least 4 members (excludes halogenated alkanes) is 2. The summed E-state index contributed by atoms with van der Waals surface area (Å²) in [6, 6.07) is 2.54. The highest BCUT2D eigenvalue weighted by Crippen LogP contribution is 2.25. The quantitative estimate of drug-likeness (QED) is 0.219. The van der Waals surface area contributed by atoms with Crippen LogP contribution in [0.2, 0.25) is 0 Å². The molecule has 0 bridgehead atoms. The SMILES string of the molecule is C#CNCC(/C=C(\C=C\C)C(=C)C(C)CC)SCCCCC. The molecule has 0 aromatic heterocycles. The van der Waals surface area contributed by atoms with E-state index in [9.17, 15) is 0 Å². The zero-order valence-corrected chi connectivity index (χ0v) is 15.6. The maximum absolute atomic E-state index is 5.35. The van der Waals surface area contributed by atoms with Crippen LogP contribution in [0.5, 0.6) is 0 Å². The first kappa shape index (κ1) is 20.9. The summed E-state index contributed by atoms with van der Waals surface area (Å²) in [5.74, 6) is 1.69. The molecule has 0 aliphatic carbocycles. The van der Waals surface area contributed by atoms with Crippen LogP contribution in [0.3, 0.4) is 0 Å². The Bertz CT molecular complexity index is 400. The van der Waals surface area contributed by atoms with Gasteiger partial charge in [0, 0.05) is 17.8 Å². The fraction of sp³-hybridized carbons (Fsp3) is 0.600. The summed E-state index contributed by atoms with van der Waals surface area (Å²) < 4.78 is 0. The highest BCUT2D eigenvalue weighted by Gasteiger charge is 2.11. The van der Waals surface area contributed by atoms with Crippen molar-refractivity contribution in [1.82, 2.24) is 5.32 Å². The Morgan fingerprint density at radius 3 is 2.64 bits per heavy atom. The molecule has 0 radical (unpaired) electrons. The van der Waals surface area contributed by atoms with Gasteiger partial charge in [0.05, 0.1) is 0 Å². The molecule has 0 spiro atoms. The standard InChI is InChI=1S/C20H33NS/c1-7-11-12-14-22-20(16-21-10-4)15-19(13-8-2)18(6)17(5)9-3/h4,8,13,15,17,20-21H,6-7,9,11-12,14,16H2,1-3,5H3/b13-8+,19-15+. The van der Waals surface area contributed by atoms with E-state index in [0.717, 1.165) is 13.0 Å². The number of hydrogen-bond acceptors (Lipinski definition) is 2. The molecule has 124 valence electrons. The Hall–Kier alpha value is -1.07. The topological polar surface area (TPSA) is 12.0 Å². The number of nitrogens with one attached hydrogen (secondary N) is 1. The zero-order valence-electron chi connectivity index (χ0n) is 14.8. The average Bonchev–Trinajstić information content (AvgIpc) is 2.54. The number of hydrogen-bond donors (Lipinski definition) is 1. The summed E-state index contributed by atoms with van der Waals surface area (Å²) in [4.78, 5) is 0. The van der Waals surface area contributed by atoms with E-state index in [1.54, 1.807) is 0 Å². The van der Waals surface area contributed by atoms with Crippen molar-refractivity contribution < 1.29 is 0 Å². The molecule has 0 saturated carbocycles. The fourth-order valence-corrected chi connectivity index (χ4v) is 3.21. The van der Waals surface area contributed by atoms with Gasteiger partial charge in [0.1, 0.15) is 0 Å². The van der Waals surface area contributed by atoms with Gasteiger partial charge < -0.3 is 5.32 Å². The van der Waals surface area contributed by atoms with Crippen LogP contribution in [0.25, 0.3) is 0 Å². The molecule has 0 aromatic rings. The van der Waals surface area contributed by atoms with Gasteiger partial charge in [-0.15, -0.1) is 0 Å². The van der Waals surface area contributed by atoms with Crippen molar-refractivity contribution in [2.45, 2.75) is 58.6 Å². The normalized spacial score (nSPS) is 14.6. The van der Waals surface area contributed by atoms with Crippen LogP contribution in [0.15, 0.2) is 36.0 Å².